The maximum Gasteiger partial charge on any atom is 0.321 e. The number of urea groups is 1. The van der Waals surface area contributed by atoms with Gasteiger partial charge in [-0.05, 0) is 46.4 Å². The van der Waals surface area contributed by atoms with E-state index in [9.17, 15) is 14.7 Å². The lowest BCUT2D eigenvalue weighted by Crippen LogP contribution is -2.35. The Bertz CT molecular complexity index is 832. The van der Waals surface area contributed by atoms with Gasteiger partial charge >= 0.3 is 12.0 Å². The number of hydrogen-bond acceptors (Lipinski definition) is 3. The molecule has 2 amide bonds. The number of hydrogen-bond donors (Lipinski definition) is 3. The Morgan fingerprint density at radius 3 is 2.72 bits per heavy atom. The van der Waals surface area contributed by atoms with Crippen LogP contribution in [0, 0.1) is 0 Å². The topological polar surface area (TPSA) is 89.9 Å². The van der Waals surface area contributed by atoms with Crippen molar-refractivity contribution < 1.29 is 19.8 Å². The normalized spacial score (nSPS) is 13.4. The zero-order valence-corrected chi connectivity index (χ0v) is 14.0. The summed E-state index contributed by atoms with van der Waals surface area (Å²) >= 11 is 0. The molecule has 0 aliphatic carbocycles. The molecule has 3 rings (SSSR count). The molecule has 1 aliphatic rings. The summed E-state index contributed by atoms with van der Waals surface area (Å²) in [5, 5.41) is 21.5. The largest absolute Gasteiger partial charge is 0.481 e. The molecule has 6 heteroatoms. The number of anilines is 1. The van der Waals surface area contributed by atoms with Crippen molar-refractivity contribution in [2.45, 2.75) is 26.0 Å². The maximum absolute atomic E-state index is 11.7. The molecule has 0 saturated heterocycles. The molecule has 0 aromatic heterocycles. The van der Waals surface area contributed by atoms with Crippen LogP contribution in [-0.2, 0) is 24.4 Å². The van der Waals surface area contributed by atoms with Gasteiger partial charge < -0.3 is 20.4 Å². The first-order valence-electron chi connectivity index (χ1n) is 8.08. The number of aliphatic hydroxyl groups is 1. The summed E-state index contributed by atoms with van der Waals surface area (Å²) in [7, 11) is 1.73. The van der Waals surface area contributed by atoms with E-state index in [-0.39, 0.29) is 19.1 Å². The van der Waals surface area contributed by atoms with Crippen LogP contribution in [0.25, 0.3) is 11.1 Å². The molecule has 3 N–H and O–H groups in total. The highest BCUT2D eigenvalue weighted by Crippen LogP contribution is 2.33. The predicted molar refractivity (Wildman–Crippen MR) is 94.2 cm³/mol. The van der Waals surface area contributed by atoms with Crippen molar-refractivity contribution in [2.75, 3.05) is 12.4 Å². The summed E-state index contributed by atoms with van der Waals surface area (Å²) in [6, 6.07) is 11.2. The molecule has 2 aromatic rings. The molecule has 0 atom stereocenters. The Hall–Kier alpha value is -2.86. The lowest BCUT2D eigenvalue weighted by Gasteiger charge is -2.26. The monoisotopic (exact) mass is 340 g/mol. The second kappa shape index (κ2) is 6.94. The number of carboxylic acids is 1. The molecule has 25 heavy (non-hydrogen) atoms. The van der Waals surface area contributed by atoms with Crippen LogP contribution in [-0.4, -0.2) is 34.2 Å². The molecule has 1 aliphatic heterocycles. The van der Waals surface area contributed by atoms with E-state index in [0.29, 0.717) is 13.0 Å². The summed E-state index contributed by atoms with van der Waals surface area (Å²) in [6.07, 6.45) is 0.428. The number of fused-ring (bicyclic) bond motifs is 1. The number of benzene rings is 2. The van der Waals surface area contributed by atoms with Gasteiger partial charge in [-0.3, -0.25) is 4.79 Å². The number of nitrogens with one attached hydrogen (secondary N) is 1. The van der Waals surface area contributed by atoms with Gasteiger partial charge in [-0.2, -0.15) is 0 Å². The van der Waals surface area contributed by atoms with Crippen LogP contribution in [0.5, 0.6) is 0 Å². The Labute approximate surface area is 145 Å². The van der Waals surface area contributed by atoms with Gasteiger partial charge in [0.2, 0.25) is 0 Å². The molecule has 0 saturated carbocycles. The Kier molecular flexibility index (Phi) is 4.72. The van der Waals surface area contributed by atoms with E-state index in [1.54, 1.807) is 11.9 Å². The number of carbonyl (C=O) groups excluding carboxylic acids is 1. The van der Waals surface area contributed by atoms with Crippen molar-refractivity contribution >= 4 is 17.7 Å². The first kappa shape index (κ1) is 17.0. The van der Waals surface area contributed by atoms with E-state index < -0.39 is 5.97 Å². The highest BCUT2D eigenvalue weighted by molar-refractivity contribution is 5.93. The second-order valence-electron chi connectivity index (χ2n) is 6.16. The summed E-state index contributed by atoms with van der Waals surface area (Å²) in [5.74, 6) is -0.852. The third-order valence-electron chi connectivity index (χ3n) is 4.41. The summed E-state index contributed by atoms with van der Waals surface area (Å²) in [5.41, 5.74) is 5.19. The Morgan fingerprint density at radius 1 is 1.24 bits per heavy atom. The summed E-state index contributed by atoms with van der Waals surface area (Å²) < 4.78 is 0. The Morgan fingerprint density at radius 2 is 2.00 bits per heavy atom. The minimum atomic E-state index is -0.852. The van der Waals surface area contributed by atoms with Crippen LogP contribution in [0.2, 0.25) is 0 Å². The fourth-order valence-corrected chi connectivity index (χ4v) is 3.15. The van der Waals surface area contributed by atoms with Gasteiger partial charge in [-0.25, -0.2) is 4.79 Å². The van der Waals surface area contributed by atoms with Gasteiger partial charge in [0, 0.05) is 25.7 Å². The highest BCUT2D eigenvalue weighted by Gasteiger charge is 2.20. The molecule has 0 spiro atoms. The van der Waals surface area contributed by atoms with Gasteiger partial charge in [0.25, 0.3) is 0 Å². The highest BCUT2D eigenvalue weighted by atomic mass is 16.4. The smallest absolute Gasteiger partial charge is 0.321 e. The molecule has 0 bridgehead atoms. The second-order valence-corrected chi connectivity index (χ2v) is 6.16. The van der Waals surface area contributed by atoms with Crippen LogP contribution in [0.3, 0.4) is 0 Å². The first-order chi connectivity index (χ1) is 12.0. The average Bonchev–Trinajstić information content (AvgIpc) is 2.60. The van der Waals surface area contributed by atoms with Crippen LogP contribution in [0.4, 0.5) is 10.5 Å². The third kappa shape index (κ3) is 3.49. The van der Waals surface area contributed by atoms with Gasteiger partial charge in [-0.15, -0.1) is 0 Å². The van der Waals surface area contributed by atoms with Gasteiger partial charge in [0.15, 0.2) is 0 Å². The molecule has 130 valence electrons. The van der Waals surface area contributed by atoms with E-state index in [1.165, 1.54) is 0 Å². The standard InChI is InChI=1S/C19H20N2O4/c1-21-10-15-9-13(5-7-16(15)20-19(21)25)18-12(6-8-17(23)24)3-2-4-14(18)11-22/h2-5,7,9,22H,6,8,10-11H2,1H3,(H,20,25)(H,23,24). The maximum atomic E-state index is 11.7. The number of carboxylic acid groups (broad SMARTS) is 1. The van der Waals surface area contributed by atoms with E-state index in [0.717, 1.165) is 33.5 Å². The fourth-order valence-electron chi connectivity index (χ4n) is 3.15. The number of nitrogens with zero attached hydrogens (tertiary/aromatic N) is 1. The molecule has 0 radical (unpaired) electrons. The van der Waals surface area contributed by atoms with E-state index in [4.69, 9.17) is 5.11 Å². The van der Waals surface area contributed by atoms with E-state index in [2.05, 4.69) is 5.32 Å². The van der Waals surface area contributed by atoms with Crippen LogP contribution in [0.1, 0.15) is 23.1 Å². The van der Waals surface area contributed by atoms with Crippen LogP contribution >= 0.6 is 0 Å². The molecule has 1 heterocycles. The minimum absolute atomic E-state index is 0.0334. The third-order valence-corrected chi connectivity index (χ3v) is 4.41. The predicted octanol–water partition coefficient (Wildman–Crippen LogP) is 2.84. The van der Waals surface area contributed by atoms with Crippen molar-refractivity contribution in [3.8, 4) is 11.1 Å². The first-order valence-corrected chi connectivity index (χ1v) is 8.08. The zero-order chi connectivity index (χ0) is 18.0. The molecular formula is C19H20N2O4. The van der Waals surface area contributed by atoms with Crippen LogP contribution < -0.4 is 5.32 Å². The molecule has 0 unspecified atom stereocenters. The molecule has 6 nitrogen and oxygen atoms in total. The van der Waals surface area contributed by atoms with Crippen molar-refractivity contribution in [3.05, 3.63) is 53.1 Å². The minimum Gasteiger partial charge on any atom is -0.481 e. The number of carbonyl (C=O) groups is 2. The van der Waals surface area contributed by atoms with E-state index >= 15 is 0 Å². The lowest BCUT2D eigenvalue weighted by atomic mass is 9.90. The van der Waals surface area contributed by atoms with Gasteiger partial charge in [0.05, 0.1) is 6.61 Å². The number of aliphatic hydroxyl groups excluding tert-OH is 1. The van der Waals surface area contributed by atoms with Crippen molar-refractivity contribution in [1.29, 1.82) is 0 Å². The van der Waals surface area contributed by atoms with E-state index in [1.807, 2.05) is 36.4 Å². The van der Waals surface area contributed by atoms with Crippen molar-refractivity contribution in [3.63, 3.8) is 0 Å². The fraction of sp³-hybridized carbons (Fsp3) is 0.263. The quantitative estimate of drug-likeness (QED) is 0.781. The lowest BCUT2D eigenvalue weighted by molar-refractivity contribution is -0.136. The van der Waals surface area contributed by atoms with Crippen molar-refractivity contribution in [2.24, 2.45) is 0 Å². The number of aliphatic carboxylic acids is 1. The average molecular weight is 340 g/mol. The van der Waals surface area contributed by atoms with Gasteiger partial charge in [0.1, 0.15) is 0 Å². The summed E-state index contributed by atoms with van der Waals surface area (Å²) in [4.78, 5) is 24.3. The summed E-state index contributed by atoms with van der Waals surface area (Å²) in [6.45, 7) is 0.380. The van der Waals surface area contributed by atoms with Crippen LogP contribution in [0.15, 0.2) is 36.4 Å². The number of aryl methyl sites for hydroxylation is 1. The number of amides is 2. The van der Waals surface area contributed by atoms with Gasteiger partial charge in [-0.1, -0.05) is 24.3 Å². The molecular weight excluding hydrogens is 320 g/mol. The van der Waals surface area contributed by atoms with Crippen molar-refractivity contribution in [1.82, 2.24) is 4.90 Å². The Balaban J connectivity index is 2.05. The molecule has 2 aromatic carbocycles. The number of rotatable bonds is 5. The molecule has 0 fully saturated rings. The SMILES string of the molecule is CN1Cc2cc(-c3c(CO)cccc3CCC(=O)O)ccc2NC1=O. The zero-order valence-electron chi connectivity index (χ0n) is 14.0.